The van der Waals surface area contributed by atoms with Gasteiger partial charge in [0.05, 0.1) is 24.6 Å². The number of para-hydroxylation sites is 3. The Hall–Kier alpha value is -3.30. The molecule has 1 aromatic heterocycles. The second-order valence-electron chi connectivity index (χ2n) is 7.42. The zero-order valence-electron chi connectivity index (χ0n) is 18.7. The highest BCUT2D eigenvalue weighted by Crippen LogP contribution is 2.28. The van der Waals surface area contributed by atoms with Gasteiger partial charge >= 0.3 is 0 Å². The average Bonchev–Trinajstić information content (AvgIpc) is 3.29. The predicted molar refractivity (Wildman–Crippen MR) is 140 cm³/mol. The third-order valence-corrected chi connectivity index (χ3v) is 6.46. The molecule has 0 spiro atoms. The minimum atomic E-state index is -0.153. The van der Waals surface area contributed by atoms with Gasteiger partial charge in [0, 0.05) is 15.8 Å². The van der Waals surface area contributed by atoms with E-state index in [1.807, 2.05) is 78.2 Å². The molecule has 0 fully saturated rings. The molecule has 7 nitrogen and oxygen atoms in total. The largest absolute Gasteiger partial charge is 0.495 e. The summed E-state index contributed by atoms with van der Waals surface area (Å²) >= 11 is 4.79. The molecule has 0 aliphatic carbocycles. The first-order chi connectivity index (χ1) is 16.5. The summed E-state index contributed by atoms with van der Waals surface area (Å²) in [4.78, 5) is 12.6. The standard InChI is InChI=1S/C25H24BrN5O2S/c1-17(27-19-14-12-18(26)13-15-19)24-29-30-25(31(24)20-8-4-3-5-9-20)34-16-23(32)28-21-10-6-7-11-22(21)33-2/h3-15,17,27H,16H2,1-2H3,(H,28,32)/t17-/m0/s1. The van der Waals surface area contributed by atoms with Crippen molar-refractivity contribution in [2.75, 3.05) is 23.5 Å². The lowest BCUT2D eigenvalue weighted by atomic mass is 10.2. The number of nitrogens with one attached hydrogen (secondary N) is 2. The van der Waals surface area contributed by atoms with E-state index in [0.29, 0.717) is 16.6 Å². The zero-order valence-corrected chi connectivity index (χ0v) is 21.1. The normalized spacial score (nSPS) is 11.6. The van der Waals surface area contributed by atoms with E-state index < -0.39 is 0 Å². The van der Waals surface area contributed by atoms with Gasteiger partial charge in [0.25, 0.3) is 0 Å². The minimum absolute atomic E-state index is 0.120. The number of thioether (sulfide) groups is 1. The molecule has 0 radical (unpaired) electrons. The van der Waals surface area contributed by atoms with Gasteiger partial charge in [-0.25, -0.2) is 0 Å². The molecule has 34 heavy (non-hydrogen) atoms. The number of hydrogen-bond donors (Lipinski definition) is 2. The lowest BCUT2D eigenvalue weighted by Crippen LogP contribution is -2.16. The Morgan fingerprint density at radius 2 is 1.74 bits per heavy atom. The molecule has 1 atom stereocenters. The van der Waals surface area contributed by atoms with Crippen LogP contribution in [0.5, 0.6) is 5.75 Å². The van der Waals surface area contributed by atoms with Crippen molar-refractivity contribution in [2.45, 2.75) is 18.1 Å². The number of aromatic nitrogens is 3. The summed E-state index contributed by atoms with van der Waals surface area (Å²) in [6.45, 7) is 2.04. The van der Waals surface area contributed by atoms with E-state index in [1.165, 1.54) is 11.8 Å². The van der Waals surface area contributed by atoms with Gasteiger partial charge in [0.2, 0.25) is 5.91 Å². The predicted octanol–water partition coefficient (Wildman–Crippen LogP) is 5.94. The number of carbonyl (C=O) groups excluding carboxylic acids is 1. The van der Waals surface area contributed by atoms with Crippen molar-refractivity contribution >= 4 is 45.0 Å². The van der Waals surface area contributed by atoms with Gasteiger partial charge in [0.15, 0.2) is 11.0 Å². The maximum Gasteiger partial charge on any atom is 0.234 e. The summed E-state index contributed by atoms with van der Waals surface area (Å²) < 4.78 is 8.31. The molecule has 9 heteroatoms. The molecule has 0 aliphatic heterocycles. The second-order valence-corrected chi connectivity index (χ2v) is 9.28. The Labute approximate surface area is 211 Å². The number of halogens is 1. The van der Waals surface area contributed by atoms with Crippen LogP contribution in [0.1, 0.15) is 18.8 Å². The fourth-order valence-corrected chi connectivity index (χ4v) is 4.42. The maximum atomic E-state index is 12.6. The fraction of sp³-hybridized carbons (Fsp3) is 0.160. The number of amides is 1. The van der Waals surface area contributed by atoms with Crippen molar-refractivity contribution in [1.82, 2.24) is 14.8 Å². The average molecular weight is 538 g/mol. The van der Waals surface area contributed by atoms with Crippen molar-refractivity contribution in [3.8, 4) is 11.4 Å². The molecule has 1 heterocycles. The van der Waals surface area contributed by atoms with Crippen LogP contribution >= 0.6 is 27.7 Å². The highest BCUT2D eigenvalue weighted by Gasteiger charge is 2.20. The lowest BCUT2D eigenvalue weighted by molar-refractivity contribution is -0.113. The Morgan fingerprint density at radius 3 is 2.47 bits per heavy atom. The lowest BCUT2D eigenvalue weighted by Gasteiger charge is -2.17. The van der Waals surface area contributed by atoms with E-state index >= 15 is 0 Å². The number of rotatable bonds is 9. The van der Waals surface area contributed by atoms with Gasteiger partial charge in [0.1, 0.15) is 5.75 Å². The Balaban J connectivity index is 1.53. The van der Waals surface area contributed by atoms with E-state index in [-0.39, 0.29) is 17.7 Å². The fourth-order valence-electron chi connectivity index (χ4n) is 3.40. The minimum Gasteiger partial charge on any atom is -0.495 e. The number of carbonyl (C=O) groups is 1. The van der Waals surface area contributed by atoms with E-state index in [4.69, 9.17) is 4.74 Å². The molecule has 0 unspecified atom stereocenters. The van der Waals surface area contributed by atoms with E-state index in [1.54, 1.807) is 19.2 Å². The molecule has 1 amide bonds. The molecule has 0 saturated carbocycles. The van der Waals surface area contributed by atoms with Crippen LogP contribution in [0.3, 0.4) is 0 Å². The Morgan fingerprint density at radius 1 is 1.03 bits per heavy atom. The smallest absolute Gasteiger partial charge is 0.234 e. The number of hydrogen-bond acceptors (Lipinski definition) is 6. The van der Waals surface area contributed by atoms with Crippen LogP contribution in [0.25, 0.3) is 5.69 Å². The van der Waals surface area contributed by atoms with Gasteiger partial charge in [-0.1, -0.05) is 58.0 Å². The molecule has 4 rings (SSSR count). The maximum absolute atomic E-state index is 12.6. The molecule has 2 N–H and O–H groups in total. The highest BCUT2D eigenvalue weighted by atomic mass is 79.9. The molecule has 0 bridgehead atoms. The van der Waals surface area contributed by atoms with Crippen LogP contribution in [-0.4, -0.2) is 33.5 Å². The molecule has 174 valence electrons. The molecule has 3 aromatic carbocycles. The van der Waals surface area contributed by atoms with Crippen LogP contribution in [0, 0.1) is 0 Å². The summed E-state index contributed by atoms with van der Waals surface area (Å²) in [6, 6.07) is 25.1. The first kappa shape index (κ1) is 23.8. The van der Waals surface area contributed by atoms with Crippen molar-refractivity contribution < 1.29 is 9.53 Å². The van der Waals surface area contributed by atoms with Gasteiger partial charge in [-0.2, -0.15) is 0 Å². The number of benzene rings is 3. The quantitative estimate of drug-likeness (QED) is 0.257. The van der Waals surface area contributed by atoms with Crippen molar-refractivity contribution in [1.29, 1.82) is 0 Å². The van der Waals surface area contributed by atoms with E-state index in [0.717, 1.165) is 21.7 Å². The second kappa shape index (κ2) is 11.2. The molecule has 0 saturated heterocycles. The number of anilines is 2. The molecule has 4 aromatic rings. The van der Waals surface area contributed by atoms with Gasteiger partial charge in [-0.05, 0) is 55.5 Å². The van der Waals surface area contributed by atoms with Crippen LogP contribution in [0.2, 0.25) is 0 Å². The number of ether oxygens (including phenoxy) is 1. The molecule has 0 aliphatic rings. The summed E-state index contributed by atoms with van der Waals surface area (Å²) in [6.07, 6.45) is 0. The molecular formula is C25H24BrN5O2S. The third-order valence-electron chi connectivity index (χ3n) is 5.00. The third kappa shape index (κ3) is 5.78. The number of methoxy groups -OCH3 is 1. The first-order valence-electron chi connectivity index (χ1n) is 10.6. The Kier molecular flexibility index (Phi) is 7.87. The first-order valence-corrected chi connectivity index (χ1v) is 12.4. The molecular weight excluding hydrogens is 514 g/mol. The van der Waals surface area contributed by atoms with Gasteiger partial charge in [-0.15, -0.1) is 10.2 Å². The monoisotopic (exact) mass is 537 g/mol. The van der Waals surface area contributed by atoms with E-state index in [2.05, 4.69) is 36.8 Å². The van der Waals surface area contributed by atoms with Crippen molar-refractivity contribution in [2.24, 2.45) is 0 Å². The number of nitrogens with zero attached hydrogens (tertiary/aromatic N) is 3. The summed E-state index contributed by atoms with van der Waals surface area (Å²) in [5.74, 6) is 1.39. The van der Waals surface area contributed by atoms with Gasteiger partial charge in [-0.3, -0.25) is 9.36 Å². The summed E-state index contributed by atoms with van der Waals surface area (Å²) in [5.41, 5.74) is 2.54. The SMILES string of the molecule is COc1ccccc1NC(=O)CSc1nnc([C@H](C)Nc2ccc(Br)cc2)n1-c1ccccc1. The van der Waals surface area contributed by atoms with E-state index in [9.17, 15) is 4.79 Å². The van der Waals surface area contributed by atoms with Crippen LogP contribution in [0.15, 0.2) is 88.5 Å². The van der Waals surface area contributed by atoms with Crippen molar-refractivity contribution in [3.63, 3.8) is 0 Å². The topological polar surface area (TPSA) is 81.1 Å². The zero-order chi connectivity index (χ0) is 23.9. The van der Waals surface area contributed by atoms with Crippen LogP contribution in [-0.2, 0) is 4.79 Å². The Bertz CT molecular complexity index is 1250. The van der Waals surface area contributed by atoms with Gasteiger partial charge < -0.3 is 15.4 Å². The van der Waals surface area contributed by atoms with Crippen molar-refractivity contribution in [3.05, 3.63) is 89.2 Å². The van der Waals surface area contributed by atoms with Crippen LogP contribution < -0.4 is 15.4 Å². The van der Waals surface area contributed by atoms with Crippen LogP contribution in [0.4, 0.5) is 11.4 Å². The summed E-state index contributed by atoms with van der Waals surface area (Å²) in [7, 11) is 1.58. The highest BCUT2D eigenvalue weighted by molar-refractivity contribution is 9.10. The summed E-state index contributed by atoms with van der Waals surface area (Å²) in [5, 5.41) is 15.9.